The molecule has 0 atom stereocenters. The number of rotatable bonds is 5. The Morgan fingerprint density at radius 1 is 1.06 bits per heavy atom. The van der Waals surface area contributed by atoms with Gasteiger partial charge in [-0.15, -0.1) is 0 Å². The number of hydrogen-bond acceptors (Lipinski definition) is 6. The van der Waals surface area contributed by atoms with Crippen LogP contribution in [0.4, 0.5) is 11.5 Å². The van der Waals surface area contributed by atoms with Crippen molar-refractivity contribution in [1.29, 1.82) is 0 Å². The zero-order valence-corrected chi connectivity index (χ0v) is 18.6. The van der Waals surface area contributed by atoms with Gasteiger partial charge in [0.2, 0.25) is 0 Å². The number of benzene rings is 2. The van der Waals surface area contributed by atoms with Crippen LogP contribution in [0.15, 0.2) is 48.5 Å². The number of nitrogens with zero attached hydrogens (tertiary/aromatic N) is 2. The van der Waals surface area contributed by atoms with Gasteiger partial charge >= 0.3 is 0 Å². The molecule has 1 aromatic heterocycles. The monoisotopic (exact) mass is 445 g/mol. The van der Waals surface area contributed by atoms with Crippen molar-refractivity contribution in [3.63, 3.8) is 0 Å². The van der Waals surface area contributed by atoms with Crippen molar-refractivity contribution in [3.05, 3.63) is 54.1 Å². The van der Waals surface area contributed by atoms with E-state index in [9.17, 15) is 4.79 Å². The first-order valence-electron chi connectivity index (χ1n) is 11.5. The molecule has 1 aliphatic carbocycles. The minimum Gasteiger partial charge on any atom is -0.448 e. The number of aromatic amines is 1. The largest absolute Gasteiger partial charge is 0.448 e. The molecule has 1 saturated carbocycles. The number of piperidine rings is 1. The van der Waals surface area contributed by atoms with Gasteiger partial charge < -0.3 is 25.0 Å². The summed E-state index contributed by atoms with van der Waals surface area (Å²) in [6.07, 6.45) is 4.10. The van der Waals surface area contributed by atoms with Crippen molar-refractivity contribution >= 4 is 17.4 Å². The predicted molar refractivity (Wildman–Crippen MR) is 126 cm³/mol. The first-order valence-corrected chi connectivity index (χ1v) is 11.5. The Kier molecular flexibility index (Phi) is 4.76. The molecule has 0 unspecified atom stereocenters. The summed E-state index contributed by atoms with van der Waals surface area (Å²) in [7, 11) is 2.16. The van der Waals surface area contributed by atoms with Gasteiger partial charge in [0.25, 0.3) is 11.7 Å². The van der Waals surface area contributed by atoms with Gasteiger partial charge in [-0.05, 0) is 75.4 Å². The summed E-state index contributed by atoms with van der Waals surface area (Å²) >= 11 is 0. The molecule has 3 heterocycles. The summed E-state index contributed by atoms with van der Waals surface area (Å²) in [5, 5.41) is 13.7. The number of anilines is 2. The second-order valence-electron chi connectivity index (χ2n) is 9.20. The molecular formula is C25H27N5O3. The molecule has 8 nitrogen and oxygen atoms in total. The number of fused-ring (bicyclic) bond motifs is 1. The number of carbonyl (C=O) groups is 1. The van der Waals surface area contributed by atoms with E-state index in [1.165, 1.54) is 0 Å². The van der Waals surface area contributed by atoms with E-state index < -0.39 is 5.79 Å². The number of H-pyrrole nitrogens is 1. The van der Waals surface area contributed by atoms with Gasteiger partial charge in [0.15, 0.2) is 11.5 Å². The van der Waals surface area contributed by atoms with Crippen molar-refractivity contribution in [2.45, 2.75) is 37.5 Å². The van der Waals surface area contributed by atoms with Gasteiger partial charge in [-0.2, -0.15) is 5.10 Å². The van der Waals surface area contributed by atoms with Crippen LogP contribution < -0.4 is 20.1 Å². The molecule has 1 spiro atoms. The zero-order chi connectivity index (χ0) is 22.4. The SMILES string of the molecule is CN1CCC(Nc2ccc(C(=O)Nc3cc(-c4ccc5c(c4)OC4(CC4)O5)n[nH]3)cc2)CC1. The van der Waals surface area contributed by atoms with Crippen molar-refractivity contribution < 1.29 is 14.3 Å². The van der Waals surface area contributed by atoms with Gasteiger partial charge in [-0.25, -0.2) is 0 Å². The number of hydrogen-bond donors (Lipinski definition) is 3. The lowest BCUT2D eigenvalue weighted by atomic mass is 10.0. The van der Waals surface area contributed by atoms with Crippen molar-refractivity contribution in [2.24, 2.45) is 0 Å². The lowest BCUT2D eigenvalue weighted by molar-refractivity contribution is 0.0217. The van der Waals surface area contributed by atoms with Crippen LogP contribution in [0, 0.1) is 0 Å². The quantitative estimate of drug-likeness (QED) is 0.548. The fourth-order valence-electron chi connectivity index (χ4n) is 4.39. The summed E-state index contributed by atoms with van der Waals surface area (Å²) in [5.41, 5.74) is 3.26. The normalized spacial score (nSPS) is 18.9. The highest BCUT2D eigenvalue weighted by atomic mass is 16.7. The van der Waals surface area contributed by atoms with Crippen LogP contribution in [-0.2, 0) is 0 Å². The summed E-state index contributed by atoms with van der Waals surface area (Å²) in [5.74, 6) is 1.45. The molecule has 2 aromatic carbocycles. The maximum atomic E-state index is 12.7. The Balaban J connectivity index is 1.08. The predicted octanol–water partition coefficient (Wildman–Crippen LogP) is 4.10. The number of aromatic nitrogens is 2. The molecule has 1 saturated heterocycles. The van der Waals surface area contributed by atoms with Crippen molar-refractivity contribution in [3.8, 4) is 22.8 Å². The van der Waals surface area contributed by atoms with E-state index in [0.29, 0.717) is 17.4 Å². The summed E-state index contributed by atoms with van der Waals surface area (Å²) in [4.78, 5) is 15.1. The molecule has 170 valence electrons. The minimum atomic E-state index is -0.427. The molecule has 0 radical (unpaired) electrons. The summed E-state index contributed by atoms with van der Waals surface area (Å²) in [6, 6.07) is 15.7. The maximum Gasteiger partial charge on any atom is 0.256 e. The molecule has 1 amide bonds. The molecule has 33 heavy (non-hydrogen) atoms. The third kappa shape index (κ3) is 4.14. The number of ether oxygens (including phenoxy) is 2. The fraction of sp³-hybridized carbons (Fsp3) is 0.360. The molecule has 3 aliphatic rings. The highest BCUT2D eigenvalue weighted by Crippen LogP contribution is 2.51. The standard InChI is InChI=1S/C25H27N5O3/c1-30-12-8-19(9-13-30)26-18-5-2-16(3-6-18)24(31)27-23-15-20(28-29-23)17-4-7-21-22(14-17)33-25(32-21)10-11-25/h2-7,14-15,19,26H,8-13H2,1H3,(H2,27,28,29,31). The number of carbonyl (C=O) groups excluding carboxylic acids is 1. The van der Waals surface area contributed by atoms with Crippen LogP contribution in [0.5, 0.6) is 11.5 Å². The minimum absolute atomic E-state index is 0.183. The Bertz CT molecular complexity index is 1180. The molecule has 2 fully saturated rings. The lowest BCUT2D eigenvalue weighted by Gasteiger charge is -2.30. The van der Waals surface area contributed by atoms with Gasteiger partial charge in [0.1, 0.15) is 5.82 Å². The van der Waals surface area contributed by atoms with Gasteiger partial charge in [-0.1, -0.05) is 0 Å². The second-order valence-corrected chi connectivity index (χ2v) is 9.20. The maximum absolute atomic E-state index is 12.7. The molecule has 8 heteroatoms. The molecule has 3 N–H and O–H groups in total. The van der Waals surface area contributed by atoms with Gasteiger partial charge in [0, 0.05) is 41.8 Å². The van der Waals surface area contributed by atoms with E-state index in [1.54, 1.807) is 0 Å². The Hall–Kier alpha value is -3.52. The number of nitrogens with one attached hydrogen (secondary N) is 3. The third-order valence-corrected chi connectivity index (χ3v) is 6.55. The topological polar surface area (TPSA) is 91.5 Å². The van der Waals surface area contributed by atoms with E-state index >= 15 is 0 Å². The van der Waals surface area contributed by atoms with Crippen LogP contribution in [0.2, 0.25) is 0 Å². The van der Waals surface area contributed by atoms with E-state index in [2.05, 4.69) is 32.8 Å². The Morgan fingerprint density at radius 3 is 2.58 bits per heavy atom. The highest BCUT2D eigenvalue weighted by molar-refractivity contribution is 6.04. The number of likely N-dealkylation sites (tertiary alicyclic amines) is 1. The first-order chi connectivity index (χ1) is 16.1. The fourth-order valence-corrected chi connectivity index (χ4v) is 4.39. The smallest absolute Gasteiger partial charge is 0.256 e. The van der Waals surface area contributed by atoms with Crippen LogP contribution in [0.25, 0.3) is 11.3 Å². The Labute approximate surface area is 192 Å². The van der Waals surface area contributed by atoms with Crippen molar-refractivity contribution in [1.82, 2.24) is 15.1 Å². The second kappa shape index (κ2) is 7.81. The van der Waals surface area contributed by atoms with Crippen molar-refractivity contribution in [2.75, 3.05) is 30.8 Å². The third-order valence-electron chi connectivity index (χ3n) is 6.55. The molecule has 0 bridgehead atoms. The first kappa shape index (κ1) is 20.1. The summed E-state index contributed by atoms with van der Waals surface area (Å²) < 4.78 is 11.8. The van der Waals surface area contributed by atoms with E-state index in [0.717, 1.165) is 67.2 Å². The molecule has 2 aliphatic heterocycles. The van der Waals surface area contributed by atoms with Gasteiger partial charge in [0.05, 0.1) is 5.69 Å². The van der Waals surface area contributed by atoms with E-state index in [1.807, 2.05) is 48.5 Å². The van der Waals surface area contributed by atoms with Crippen LogP contribution in [-0.4, -0.2) is 53.0 Å². The lowest BCUT2D eigenvalue weighted by Crippen LogP contribution is -2.36. The van der Waals surface area contributed by atoms with Crippen LogP contribution in [0.1, 0.15) is 36.0 Å². The van der Waals surface area contributed by atoms with Crippen LogP contribution in [0.3, 0.4) is 0 Å². The highest BCUT2D eigenvalue weighted by Gasteiger charge is 2.53. The van der Waals surface area contributed by atoms with Gasteiger partial charge in [-0.3, -0.25) is 9.89 Å². The number of amides is 1. The summed E-state index contributed by atoms with van der Waals surface area (Å²) in [6.45, 7) is 2.22. The van der Waals surface area contributed by atoms with E-state index in [-0.39, 0.29) is 5.91 Å². The average molecular weight is 446 g/mol. The van der Waals surface area contributed by atoms with E-state index in [4.69, 9.17) is 9.47 Å². The molecule has 6 rings (SSSR count). The average Bonchev–Trinajstić information content (AvgIpc) is 3.24. The van der Waals surface area contributed by atoms with Crippen LogP contribution >= 0.6 is 0 Å². The molecular weight excluding hydrogens is 418 g/mol. The zero-order valence-electron chi connectivity index (χ0n) is 18.6. The Morgan fingerprint density at radius 2 is 1.82 bits per heavy atom. The molecule has 3 aromatic rings.